The van der Waals surface area contributed by atoms with Crippen LogP contribution in [0.15, 0.2) is 55.2 Å². The number of fused-ring (bicyclic) bond motifs is 4. The van der Waals surface area contributed by atoms with Gasteiger partial charge in [-0.15, -0.1) is 0 Å². The lowest BCUT2D eigenvalue weighted by Crippen LogP contribution is -2.44. The fourth-order valence-corrected chi connectivity index (χ4v) is 6.05. The van der Waals surface area contributed by atoms with Crippen LogP contribution in [0.2, 0.25) is 0 Å². The molecule has 0 spiro atoms. The number of nitrogens with one attached hydrogen (secondary N) is 2. The molecule has 1 amide bonds. The predicted octanol–water partition coefficient (Wildman–Crippen LogP) is 3.27. The summed E-state index contributed by atoms with van der Waals surface area (Å²) in [5.74, 6) is 0.591. The van der Waals surface area contributed by atoms with Crippen LogP contribution in [0.5, 0.6) is 0 Å². The van der Waals surface area contributed by atoms with E-state index < -0.39 is 0 Å². The Morgan fingerprint density at radius 3 is 2.69 bits per heavy atom. The summed E-state index contributed by atoms with van der Waals surface area (Å²) in [7, 11) is 0. The maximum absolute atomic E-state index is 12.8. The van der Waals surface area contributed by atoms with Crippen LogP contribution in [-0.2, 0) is 6.54 Å². The molecule has 3 aliphatic heterocycles. The summed E-state index contributed by atoms with van der Waals surface area (Å²) in [4.78, 5) is 28.5. The molecule has 9 heteroatoms. The van der Waals surface area contributed by atoms with Crippen molar-refractivity contribution in [2.24, 2.45) is 0 Å². The van der Waals surface area contributed by atoms with Crippen molar-refractivity contribution >= 4 is 28.7 Å². The number of aliphatic hydroxyl groups excluding tert-OH is 1. The van der Waals surface area contributed by atoms with Gasteiger partial charge >= 0.3 is 0 Å². The second-order valence-electron chi connectivity index (χ2n) is 9.59. The minimum atomic E-state index is -0.189. The molecule has 3 aliphatic rings. The van der Waals surface area contributed by atoms with Crippen LogP contribution < -0.4 is 15.5 Å². The molecular formula is C26H25N7O2. The van der Waals surface area contributed by atoms with Gasteiger partial charge in [0.25, 0.3) is 5.91 Å². The molecule has 0 radical (unpaired) electrons. The third kappa shape index (κ3) is 3.26. The van der Waals surface area contributed by atoms with E-state index in [-0.39, 0.29) is 12.0 Å². The number of piperidine rings is 1. The summed E-state index contributed by atoms with van der Waals surface area (Å²) < 4.78 is 1.98. The fourth-order valence-electron chi connectivity index (χ4n) is 6.05. The van der Waals surface area contributed by atoms with Crippen LogP contribution in [0, 0.1) is 0 Å². The van der Waals surface area contributed by atoms with Crippen molar-refractivity contribution in [2.75, 3.05) is 10.2 Å². The number of nitrogens with zero attached hydrogens (tertiary/aromatic N) is 5. The molecule has 176 valence electrons. The molecule has 3 N–H and O–H groups in total. The second kappa shape index (κ2) is 7.78. The Bertz CT molecular complexity index is 1430. The number of pyridine rings is 1. The summed E-state index contributed by atoms with van der Waals surface area (Å²) in [6, 6.07) is 8.78. The Hall–Kier alpha value is -3.98. The SMILES string of the molecule is O=C1NCc2c(-c3cnc4cnccn34)ccc(Nc3ccc(N4[C@@H]5CC[C@H]4C[C@@H](O)C5)cn3)c21. The first kappa shape index (κ1) is 20.4. The van der Waals surface area contributed by atoms with Crippen LogP contribution in [0.1, 0.15) is 41.6 Å². The van der Waals surface area contributed by atoms with Crippen molar-refractivity contribution in [3.63, 3.8) is 0 Å². The van der Waals surface area contributed by atoms with Crippen LogP contribution in [0.25, 0.3) is 16.9 Å². The zero-order chi connectivity index (χ0) is 23.5. The predicted molar refractivity (Wildman–Crippen MR) is 132 cm³/mol. The van der Waals surface area contributed by atoms with E-state index in [9.17, 15) is 9.90 Å². The van der Waals surface area contributed by atoms with Gasteiger partial charge in [-0.1, -0.05) is 6.07 Å². The third-order valence-corrected chi connectivity index (χ3v) is 7.58. The largest absolute Gasteiger partial charge is 0.393 e. The molecule has 6 heterocycles. The number of hydrogen-bond acceptors (Lipinski definition) is 7. The van der Waals surface area contributed by atoms with Crippen LogP contribution in [0.3, 0.4) is 0 Å². The van der Waals surface area contributed by atoms with Gasteiger partial charge in [-0.3, -0.25) is 14.2 Å². The zero-order valence-corrected chi connectivity index (χ0v) is 19.1. The van der Waals surface area contributed by atoms with Gasteiger partial charge in [-0.25, -0.2) is 9.97 Å². The first-order chi connectivity index (χ1) is 17.2. The zero-order valence-electron chi connectivity index (χ0n) is 19.1. The molecule has 35 heavy (non-hydrogen) atoms. The van der Waals surface area contributed by atoms with Crippen molar-refractivity contribution in [2.45, 2.75) is 50.4 Å². The van der Waals surface area contributed by atoms with Crippen molar-refractivity contribution in [3.8, 4) is 11.3 Å². The number of hydrogen-bond donors (Lipinski definition) is 3. The minimum Gasteiger partial charge on any atom is -0.393 e. The monoisotopic (exact) mass is 467 g/mol. The Balaban J connectivity index is 1.19. The van der Waals surface area contributed by atoms with E-state index in [1.807, 2.05) is 41.2 Å². The maximum Gasteiger partial charge on any atom is 0.254 e. The summed E-state index contributed by atoms with van der Waals surface area (Å²) in [6.45, 7) is 0.466. The number of rotatable bonds is 4. The van der Waals surface area contributed by atoms with Gasteiger partial charge in [0.15, 0.2) is 5.65 Å². The van der Waals surface area contributed by atoms with Gasteiger partial charge in [0.1, 0.15) is 5.82 Å². The van der Waals surface area contributed by atoms with Gasteiger partial charge in [0, 0.05) is 36.6 Å². The summed E-state index contributed by atoms with van der Waals surface area (Å²) >= 11 is 0. The van der Waals surface area contributed by atoms with Gasteiger partial charge in [-0.2, -0.15) is 0 Å². The normalized spacial score (nSPS) is 22.9. The number of benzene rings is 1. The molecule has 1 aromatic carbocycles. The third-order valence-electron chi connectivity index (χ3n) is 7.58. The number of imidazole rings is 1. The molecule has 3 atom stereocenters. The summed E-state index contributed by atoms with van der Waals surface area (Å²) in [5.41, 5.74) is 6.06. The number of aromatic nitrogens is 4. The molecule has 2 saturated heterocycles. The number of carbonyl (C=O) groups excluding carboxylic acids is 1. The van der Waals surface area contributed by atoms with Gasteiger partial charge < -0.3 is 20.6 Å². The molecule has 0 saturated carbocycles. The second-order valence-corrected chi connectivity index (χ2v) is 9.59. The van der Waals surface area contributed by atoms with Crippen LogP contribution in [-0.4, -0.2) is 48.6 Å². The maximum atomic E-state index is 12.8. The molecule has 4 aromatic rings. The van der Waals surface area contributed by atoms with E-state index in [2.05, 4.69) is 36.6 Å². The first-order valence-corrected chi connectivity index (χ1v) is 12.1. The van der Waals surface area contributed by atoms with Crippen LogP contribution in [0.4, 0.5) is 17.2 Å². The van der Waals surface area contributed by atoms with E-state index in [0.717, 1.165) is 59.5 Å². The lowest BCUT2D eigenvalue weighted by atomic mass is 9.99. The van der Waals surface area contributed by atoms with Crippen LogP contribution >= 0.6 is 0 Å². The molecule has 0 unspecified atom stereocenters. The number of carbonyl (C=O) groups is 1. The van der Waals surface area contributed by atoms with Crippen molar-refractivity contribution in [1.82, 2.24) is 24.7 Å². The number of aliphatic hydroxyl groups is 1. The van der Waals surface area contributed by atoms with E-state index in [1.54, 1.807) is 12.4 Å². The average Bonchev–Trinajstić information content (AvgIpc) is 3.55. The van der Waals surface area contributed by atoms with Gasteiger partial charge in [0.05, 0.1) is 47.3 Å². The van der Waals surface area contributed by atoms with Gasteiger partial charge in [0.2, 0.25) is 0 Å². The number of amides is 1. The van der Waals surface area contributed by atoms with Gasteiger partial charge in [-0.05, 0) is 49.4 Å². The quantitative estimate of drug-likeness (QED) is 0.423. The van der Waals surface area contributed by atoms with E-state index in [4.69, 9.17) is 0 Å². The smallest absolute Gasteiger partial charge is 0.254 e. The highest BCUT2D eigenvalue weighted by atomic mass is 16.3. The Morgan fingerprint density at radius 1 is 1.03 bits per heavy atom. The van der Waals surface area contributed by atoms with E-state index in [0.29, 0.717) is 30.0 Å². The molecule has 9 nitrogen and oxygen atoms in total. The first-order valence-electron chi connectivity index (χ1n) is 12.1. The Kier molecular flexibility index (Phi) is 4.53. The Labute approximate surface area is 201 Å². The highest BCUT2D eigenvalue weighted by molar-refractivity contribution is 6.06. The lowest BCUT2D eigenvalue weighted by Gasteiger charge is -2.38. The molecule has 3 aromatic heterocycles. The fraction of sp³-hybridized carbons (Fsp3) is 0.308. The molecule has 7 rings (SSSR count). The van der Waals surface area contributed by atoms with E-state index in [1.165, 1.54) is 0 Å². The molecule has 0 aliphatic carbocycles. The average molecular weight is 468 g/mol. The lowest BCUT2D eigenvalue weighted by molar-refractivity contribution is 0.0966. The summed E-state index contributed by atoms with van der Waals surface area (Å²) in [6.07, 6.45) is 12.7. The standard InChI is InChI=1S/C26H25N7O2/c34-18-9-15-1-2-16(10-18)33(15)17-3-6-23(28-11-17)31-21-5-4-19(20-12-30-26(35)25(20)21)22-13-29-24-14-27-7-8-32(22)24/h3-8,11,13-16,18,34H,1-2,9-10,12H2,(H,28,31)(H,30,35)/t15-,16+,18+. The summed E-state index contributed by atoms with van der Waals surface area (Å²) in [5, 5.41) is 16.4. The molecular weight excluding hydrogens is 442 g/mol. The van der Waals surface area contributed by atoms with E-state index >= 15 is 0 Å². The minimum absolute atomic E-state index is 0.0973. The Morgan fingerprint density at radius 2 is 1.89 bits per heavy atom. The highest BCUT2D eigenvalue weighted by Gasteiger charge is 2.40. The number of anilines is 3. The molecule has 2 fully saturated rings. The topological polar surface area (TPSA) is 108 Å². The van der Waals surface area contributed by atoms with Crippen molar-refractivity contribution in [3.05, 3.63) is 66.4 Å². The van der Waals surface area contributed by atoms with Crippen molar-refractivity contribution < 1.29 is 9.90 Å². The highest BCUT2D eigenvalue weighted by Crippen LogP contribution is 2.40. The van der Waals surface area contributed by atoms with Crippen molar-refractivity contribution in [1.29, 1.82) is 0 Å². The molecule has 2 bridgehead atoms.